The molecule has 2 aliphatic heterocycles. The van der Waals surface area contributed by atoms with Crippen LogP contribution >= 0.6 is 0 Å². The van der Waals surface area contributed by atoms with Gasteiger partial charge in [-0.2, -0.15) is 5.10 Å². The summed E-state index contributed by atoms with van der Waals surface area (Å²) in [6.45, 7) is 3.34. The monoisotopic (exact) mass is 432 g/mol. The molecule has 1 atom stereocenters. The Morgan fingerprint density at radius 1 is 1.12 bits per heavy atom. The molecule has 8 nitrogen and oxygen atoms in total. The number of likely N-dealkylation sites (N-methyl/N-ethyl adjacent to an activating group) is 1. The summed E-state index contributed by atoms with van der Waals surface area (Å²) in [6, 6.07) is 14.3. The van der Waals surface area contributed by atoms with Crippen molar-refractivity contribution in [1.29, 1.82) is 0 Å². The van der Waals surface area contributed by atoms with E-state index in [-0.39, 0.29) is 23.3 Å². The van der Waals surface area contributed by atoms with Crippen LogP contribution in [0.4, 0.5) is 5.69 Å². The van der Waals surface area contributed by atoms with Gasteiger partial charge < -0.3 is 19.6 Å². The van der Waals surface area contributed by atoms with Crippen molar-refractivity contribution in [3.63, 3.8) is 0 Å². The summed E-state index contributed by atoms with van der Waals surface area (Å²) in [6.07, 6.45) is 0.587. The minimum absolute atomic E-state index is 0.0336. The second-order valence-electron chi connectivity index (χ2n) is 7.94. The molecule has 3 heterocycles. The Hall–Kier alpha value is -3.65. The fourth-order valence-corrected chi connectivity index (χ4v) is 4.92. The van der Waals surface area contributed by atoms with E-state index < -0.39 is 5.54 Å². The molecule has 8 heteroatoms. The number of phenols is 1. The molecule has 3 aromatic rings. The van der Waals surface area contributed by atoms with Gasteiger partial charge in [0, 0.05) is 43.6 Å². The molecule has 0 radical (unpaired) electrons. The van der Waals surface area contributed by atoms with E-state index in [9.17, 15) is 14.7 Å². The second-order valence-corrected chi connectivity index (χ2v) is 7.94. The molecule has 1 aromatic heterocycles. The number of carbonyl (C=O) groups is 2. The lowest BCUT2D eigenvalue weighted by Gasteiger charge is -2.35. The molecule has 32 heavy (non-hydrogen) atoms. The van der Waals surface area contributed by atoms with E-state index in [2.05, 4.69) is 10.2 Å². The van der Waals surface area contributed by atoms with Crippen molar-refractivity contribution in [1.82, 2.24) is 15.1 Å². The smallest absolute Gasteiger partial charge is 0.273 e. The number of hydrogen-bond acceptors (Lipinski definition) is 5. The zero-order valence-corrected chi connectivity index (χ0v) is 18.0. The molecule has 2 amide bonds. The number of ether oxygens (including phenoxy) is 1. The third-order valence-electron chi connectivity index (χ3n) is 6.30. The topological polar surface area (TPSA) is 98.8 Å². The molecule has 5 rings (SSSR count). The van der Waals surface area contributed by atoms with Gasteiger partial charge in [0.05, 0.1) is 5.56 Å². The van der Waals surface area contributed by atoms with Gasteiger partial charge in [-0.1, -0.05) is 30.3 Å². The highest BCUT2D eigenvalue weighted by Gasteiger charge is 2.63. The maximum absolute atomic E-state index is 14.0. The van der Waals surface area contributed by atoms with E-state index in [1.807, 2.05) is 31.2 Å². The number of aromatic nitrogens is 2. The van der Waals surface area contributed by atoms with E-state index >= 15 is 0 Å². The molecule has 2 aromatic carbocycles. The average molecular weight is 432 g/mol. The number of nitrogens with zero attached hydrogens (tertiary/aromatic N) is 3. The van der Waals surface area contributed by atoms with Crippen LogP contribution in [-0.2, 0) is 15.1 Å². The first kappa shape index (κ1) is 20.3. The lowest BCUT2D eigenvalue weighted by molar-refractivity contribution is -0.125. The number of rotatable bonds is 6. The molecule has 1 unspecified atom stereocenters. The summed E-state index contributed by atoms with van der Waals surface area (Å²) in [5.74, 6) is -0.476. The Morgan fingerprint density at radius 3 is 2.66 bits per heavy atom. The van der Waals surface area contributed by atoms with Crippen molar-refractivity contribution in [3.05, 3.63) is 65.4 Å². The Kier molecular flexibility index (Phi) is 4.74. The minimum atomic E-state index is -1.35. The zero-order chi connectivity index (χ0) is 22.5. The van der Waals surface area contributed by atoms with Crippen LogP contribution in [0.15, 0.2) is 48.5 Å². The van der Waals surface area contributed by atoms with E-state index in [4.69, 9.17) is 4.74 Å². The lowest BCUT2D eigenvalue weighted by Crippen LogP contribution is -2.52. The molecule has 0 saturated heterocycles. The van der Waals surface area contributed by atoms with Crippen LogP contribution in [0.2, 0.25) is 0 Å². The van der Waals surface area contributed by atoms with Crippen LogP contribution in [0.3, 0.4) is 0 Å². The number of para-hydroxylation sites is 2. The van der Waals surface area contributed by atoms with Gasteiger partial charge in [-0.25, -0.2) is 0 Å². The highest BCUT2D eigenvalue weighted by molar-refractivity contribution is 6.17. The molecule has 0 saturated carbocycles. The quantitative estimate of drug-likeness (QED) is 0.584. The number of amides is 2. The number of anilines is 1. The summed E-state index contributed by atoms with van der Waals surface area (Å²) in [4.78, 5) is 30.8. The van der Waals surface area contributed by atoms with Crippen LogP contribution in [0.5, 0.6) is 5.75 Å². The summed E-state index contributed by atoms with van der Waals surface area (Å²) in [7, 11) is 1.72. The molecule has 1 spiro atoms. The van der Waals surface area contributed by atoms with Crippen LogP contribution < -0.4 is 4.90 Å². The van der Waals surface area contributed by atoms with Gasteiger partial charge in [-0.3, -0.25) is 14.7 Å². The van der Waals surface area contributed by atoms with Crippen molar-refractivity contribution >= 4 is 17.5 Å². The van der Waals surface area contributed by atoms with Gasteiger partial charge in [-0.15, -0.1) is 0 Å². The first-order valence-corrected chi connectivity index (χ1v) is 10.7. The number of fused-ring (bicyclic) bond motifs is 4. The van der Waals surface area contributed by atoms with Crippen molar-refractivity contribution in [2.45, 2.75) is 18.9 Å². The zero-order valence-electron chi connectivity index (χ0n) is 18.0. The van der Waals surface area contributed by atoms with Gasteiger partial charge >= 0.3 is 0 Å². The van der Waals surface area contributed by atoms with Crippen LogP contribution in [0.1, 0.15) is 35.0 Å². The number of aromatic hydroxyl groups is 1. The Bertz CT molecular complexity index is 1220. The number of aromatic amines is 1. The standard InChI is InChI=1S/C24H24N4O4/c1-3-32-14-8-13-28-22(30)21-19(20(25-26-21)15-9-4-7-12-18(15)29)24(28)16-10-5-6-11-17(16)27(2)23(24)31/h4-7,9-12,29H,3,8,13-14H2,1-2H3,(H,25,26). The van der Waals surface area contributed by atoms with Crippen LogP contribution in [0.25, 0.3) is 11.3 Å². The fourth-order valence-electron chi connectivity index (χ4n) is 4.92. The van der Waals surface area contributed by atoms with E-state index in [0.29, 0.717) is 43.0 Å². The molecule has 2 aliphatic rings. The predicted octanol–water partition coefficient (Wildman–Crippen LogP) is 2.88. The molecular formula is C24H24N4O4. The number of H-pyrrole nitrogens is 1. The van der Waals surface area contributed by atoms with E-state index in [0.717, 1.165) is 11.3 Å². The second kappa shape index (κ2) is 7.49. The number of nitrogens with one attached hydrogen (secondary N) is 1. The first-order chi connectivity index (χ1) is 15.5. The highest BCUT2D eigenvalue weighted by Crippen LogP contribution is 2.55. The molecule has 164 valence electrons. The lowest BCUT2D eigenvalue weighted by atomic mass is 9.82. The van der Waals surface area contributed by atoms with Gasteiger partial charge in [0.15, 0.2) is 5.54 Å². The van der Waals surface area contributed by atoms with Crippen molar-refractivity contribution in [3.8, 4) is 17.0 Å². The van der Waals surface area contributed by atoms with E-state index in [1.165, 1.54) is 0 Å². The van der Waals surface area contributed by atoms with Crippen LogP contribution in [0, 0.1) is 0 Å². The summed E-state index contributed by atoms with van der Waals surface area (Å²) < 4.78 is 5.48. The minimum Gasteiger partial charge on any atom is -0.507 e. The third-order valence-corrected chi connectivity index (χ3v) is 6.30. The molecule has 0 bridgehead atoms. The average Bonchev–Trinajstić information content (AvgIpc) is 3.41. The molecule has 2 N–H and O–H groups in total. The summed E-state index contributed by atoms with van der Waals surface area (Å²) in [5, 5.41) is 17.8. The summed E-state index contributed by atoms with van der Waals surface area (Å²) >= 11 is 0. The number of hydrogen-bond donors (Lipinski definition) is 2. The van der Waals surface area contributed by atoms with Gasteiger partial charge in [0.25, 0.3) is 11.8 Å². The van der Waals surface area contributed by atoms with Crippen molar-refractivity contribution in [2.75, 3.05) is 31.7 Å². The van der Waals surface area contributed by atoms with Gasteiger partial charge in [0.2, 0.25) is 0 Å². The van der Waals surface area contributed by atoms with Gasteiger partial charge in [0.1, 0.15) is 17.1 Å². The Balaban J connectivity index is 1.76. The maximum atomic E-state index is 14.0. The number of phenolic OH excluding ortho intramolecular Hbond substituents is 1. The first-order valence-electron chi connectivity index (χ1n) is 10.7. The van der Waals surface area contributed by atoms with Gasteiger partial charge in [-0.05, 0) is 31.5 Å². The van der Waals surface area contributed by atoms with Crippen molar-refractivity contribution in [2.24, 2.45) is 0 Å². The van der Waals surface area contributed by atoms with E-state index in [1.54, 1.807) is 41.1 Å². The molecule has 0 aliphatic carbocycles. The fraction of sp³-hybridized carbons (Fsp3) is 0.292. The largest absolute Gasteiger partial charge is 0.507 e. The maximum Gasteiger partial charge on any atom is 0.273 e. The third kappa shape index (κ3) is 2.56. The number of benzene rings is 2. The predicted molar refractivity (Wildman–Crippen MR) is 118 cm³/mol. The molecule has 0 fully saturated rings. The highest BCUT2D eigenvalue weighted by atomic mass is 16.5. The SMILES string of the molecule is CCOCCCN1C(=O)c2[nH]nc(-c3ccccc3O)c2C12C(=O)N(C)c1ccccc12. The Labute approximate surface area is 185 Å². The van der Waals surface area contributed by atoms with Crippen LogP contribution in [-0.4, -0.2) is 58.8 Å². The Morgan fingerprint density at radius 2 is 1.88 bits per heavy atom. The normalized spacial score (nSPS) is 19.2. The van der Waals surface area contributed by atoms with Crippen molar-refractivity contribution < 1.29 is 19.4 Å². The summed E-state index contributed by atoms with van der Waals surface area (Å²) in [5.41, 5.74) is 1.76. The molecular weight excluding hydrogens is 408 g/mol. The number of carbonyl (C=O) groups excluding carboxylic acids is 2.